The number of nitrogens with one attached hydrogen (secondary N) is 1. The summed E-state index contributed by atoms with van der Waals surface area (Å²) in [6, 6.07) is 9.41. The van der Waals surface area contributed by atoms with E-state index < -0.39 is 11.7 Å². The van der Waals surface area contributed by atoms with E-state index in [4.69, 9.17) is 5.73 Å². The van der Waals surface area contributed by atoms with Crippen molar-refractivity contribution in [2.45, 2.75) is 5.75 Å². The SMILES string of the molecule is NC(=O)c1c(F)cc(Br)cc1NCCSCc1ccccc1F. The number of carbonyl (C=O) groups is 1. The molecule has 1 amide bonds. The Hall–Kier alpha value is -1.60. The predicted molar refractivity (Wildman–Crippen MR) is 93.7 cm³/mol. The molecule has 0 radical (unpaired) electrons. The van der Waals surface area contributed by atoms with E-state index in [1.54, 1.807) is 24.3 Å². The minimum atomic E-state index is -0.823. The van der Waals surface area contributed by atoms with Crippen molar-refractivity contribution in [2.75, 3.05) is 17.6 Å². The van der Waals surface area contributed by atoms with Gasteiger partial charge in [0.25, 0.3) is 5.91 Å². The van der Waals surface area contributed by atoms with Gasteiger partial charge in [-0.3, -0.25) is 4.79 Å². The van der Waals surface area contributed by atoms with Crippen molar-refractivity contribution in [3.63, 3.8) is 0 Å². The zero-order valence-corrected chi connectivity index (χ0v) is 14.5. The maximum absolute atomic E-state index is 13.8. The zero-order chi connectivity index (χ0) is 16.8. The molecule has 0 aromatic heterocycles. The van der Waals surface area contributed by atoms with Crippen LogP contribution in [0, 0.1) is 11.6 Å². The van der Waals surface area contributed by atoms with Gasteiger partial charge in [-0.05, 0) is 23.8 Å². The Balaban J connectivity index is 1.89. The summed E-state index contributed by atoms with van der Waals surface area (Å²) in [6.45, 7) is 0.495. The Morgan fingerprint density at radius 3 is 2.65 bits per heavy atom. The molecule has 0 bridgehead atoms. The largest absolute Gasteiger partial charge is 0.383 e. The number of nitrogens with two attached hydrogens (primary N) is 1. The van der Waals surface area contributed by atoms with Crippen molar-refractivity contribution in [3.05, 3.63) is 63.6 Å². The number of anilines is 1. The van der Waals surface area contributed by atoms with Gasteiger partial charge < -0.3 is 11.1 Å². The van der Waals surface area contributed by atoms with Gasteiger partial charge in [0.05, 0.1) is 11.3 Å². The molecule has 2 aromatic carbocycles. The number of amides is 1. The van der Waals surface area contributed by atoms with Crippen LogP contribution in [-0.2, 0) is 5.75 Å². The van der Waals surface area contributed by atoms with E-state index in [1.165, 1.54) is 23.9 Å². The minimum Gasteiger partial charge on any atom is -0.383 e. The van der Waals surface area contributed by atoms with Gasteiger partial charge in [-0.25, -0.2) is 8.78 Å². The third-order valence-electron chi connectivity index (χ3n) is 3.08. The summed E-state index contributed by atoms with van der Waals surface area (Å²) in [7, 11) is 0. The maximum Gasteiger partial charge on any atom is 0.253 e. The lowest BCUT2D eigenvalue weighted by molar-refractivity contribution is 0.0997. The number of thioether (sulfide) groups is 1. The molecule has 0 aliphatic carbocycles. The van der Waals surface area contributed by atoms with Crippen LogP contribution < -0.4 is 11.1 Å². The second-order valence-corrected chi connectivity index (χ2v) is 6.77. The molecular weight excluding hydrogens is 386 g/mol. The standard InChI is InChI=1S/C16H15BrF2N2OS/c17-11-7-13(19)15(16(20)22)14(8-11)21-5-6-23-9-10-3-1-2-4-12(10)18/h1-4,7-8,21H,5-6,9H2,(H2,20,22). The van der Waals surface area contributed by atoms with Gasteiger partial charge in [-0.15, -0.1) is 0 Å². The summed E-state index contributed by atoms with van der Waals surface area (Å²) in [5.74, 6) is -0.507. The van der Waals surface area contributed by atoms with Gasteiger partial charge in [-0.2, -0.15) is 11.8 Å². The molecule has 2 aromatic rings. The number of primary amides is 1. The Bertz CT molecular complexity index is 712. The van der Waals surface area contributed by atoms with Gasteiger partial charge in [-0.1, -0.05) is 34.1 Å². The molecule has 0 saturated carbocycles. The predicted octanol–water partition coefficient (Wildman–Crippen LogP) is 4.17. The first-order valence-electron chi connectivity index (χ1n) is 6.83. The number of hydrogen-bond donors (Lipinski definition) is 2. The molecule has 0 aliphatic rings. The van der Waals surface area contributed by atoms with Crippen molar-refractivity contribution < 1.29 is 13.6 Å². The van der Waals surface area contributed by atoms with Crippen LogP contribution in [0.1, 0.15) is 15.9 Å². The van der Waals surface area contributed by atoms with Crippen LogP contribution in [0.4, 0.5) is 14.5 Å². The molecule has 0 spiro atoms. The van der Waals surface area contributed by atoms with Crippen LogP contribution in [0.5, 0.6) is 0 Å². The summed E-state index contributed by atoms with van der Waals surface area (Å²) in [4.78, 5) is 11.3. The van der Waals surface area contributed by atoms with Gasteiger partial charge in [0.15, 0.2) is 0 Å². The van der Waals surface area contributed by atoms with E-state index >= 15 is 0 Å². The minimum absolute atomic E-state index is 0.160. The molecule has 0 atom stereocenters. The lowest BCUT2D eigenvalue weighted by atomic mass is 10.1. The van der Waals surface area contributed by atoms with E-state index in [9.17, 15) is 13.6 Å². The monoisotopic (exact) mass is 400 g/mol. The average molecular weight is 401 g/mol. The van der Waals surface area contributed by atoms with E-state index in [-0.39, 0.29) is 11.4 Å². The number of carbonyl (C=O) groups excluding carboxylic acids is 1. The fraction of sp³-hybridized carbons (Fsp3) is 0.188. The second-order valence-electron chi connectivity index (χ2n) is 4.75. The highest BCUT2D eigenvalue weighted by atomic mass is 79.9. The molecule has 0 saturated heterocycles. The fourth-order valence-electron chi connectivity index (χ4n) is 2.02. The Labute approximate surface area is 145 Å². The van der Waals surface area contributed by atoms with Crippen LogP contribution in [0.15, 0.2) is 40.9 Å². The number of benzene rings is 2. The van der Waals surface area contributed by atoms with Crippen molar-refractivity contribution in [2.24, 2.45) is 5.73 Å². The highest BCUT2D eigenvalue weighted by Crippen LogP contribution is 2.25. The summed E-state index contributed by atoms with van der Waals surface area (Å²) < 4.78 is 27.8. The van der Waals surface area contributed by atoms with Gasteiger partial charge >= 0.3 is 0 Å². The van der Waals surface area contributed by atoms with Crippen LogP contribution in [0.25, 0.3) is 0 Å². The highest BCUT2D eigenvalue weighted by Gasteiger charge is 2.15. The second kappa shape index (κ2) is 8.31. The molecule has 7 heteroatoms. The Kier molecular flexibility index (Phi) is 6.41. The van der Waals surface area contributed by atoms with Crippen LogP contribution >= 0.6 is 27.7 Å². The molecule has 122 valence electrons. The summed E-state index contributed by atoms with van der Waals surface area (Å²) in [6.07, 6.45) is 0. The summed E-state index contributed by atoms with van der Waals surface area (Å²) in [5.41, 5.74) is 6.03. The molecule has 0 unspecified atom stereocenters. The molecule has 0 aliphatic heterocycles. The third-order valence-corrected chi connectivity index (χ3v) is 4.54. The maximum atomic E-state index is 13.8. The van der Waals surface area contributed by atoms with Crippen LogP contribution in [-0.4, -0.2) is 18.2 Å². The molecule has 3 nitrogen and oxygen atoms in total. The topological polar surface area (TPSA) is 55.1 Å². The fourth-order valence-corrected chi connectivity index (χ4v) is 3.29. The molecule has 0 heterocycles. The quantitative estimate of drug-likeness (QED) is 0.685. The van der Waals surface area contributed by atoms with E-state index in [1.807, 2.05) is 0 Å². The number of hydrogen-bond acceptors (Lipinski definition) is 3. The normalized spacial score (nSPS) is 10.6. The Morgan fingerprint density at radius 2 is 1.96 bits per heavy atom. The lowest BCUT2D eigenvalue weighted by Gasteiger charge is -2.11. The number of halogens is 3. The van der Waals surface area contributed by atoms with Gasteiger partial charge in [0.1, 0.15) is 11.6 Å². The smallest absolute Gasteiger partial charge is 0.253 e. The van der Waals surface area contributed by atoms with Gasteiger partial charge in [0.2, 0.25) is 0 Å². The molecule has 23 heavy (non-hydrogen) atoms. The molecule has 0 fully saturated rings. The van der Waals surface area contributed by atoms with Crippen molar-refractivity contribution in [1.82, 2.24) is 0 Å². The first kappa shape index (κ1) is 17.7. The van der Waals surface area contributed by atoms with Crippen molar-refractivity contribution in [1.29, 1.82) is 0 Å². The van der Waals surface area contributed by atoms with Crippen molar-refractivity contribution in [3.8, 4) is 0 Å². The molecule has 2 rings (SSSR count). The number of rotatable bonds is 7. The first-order chi connectivity index (χ1) is 11.0. The van der Waals surface area contributed by atoms with E-state index in [0.29, 0.717) is 33.8 Å². The average Bonchev–Trinajstić information content (AvgIpc) is 2.47. The van der Waals surface area contributed by atoms with E-state index in [2.05, 4.69) is 21.2 Å². The lowest BCUT2D eigenvalue weighted by Crippen LogP contribution is -2.17. The highest BCUT2D eigenvalue weighted by molar-refractivity contribution is 9.10. The molecule has 3 N–H and O–H groups in total. The van der Waals surface area contributed by atoms with Crippen LogP contribution in [0.3, 0.4) is 0 Å². The van der Waals surface area contributed by atoms with Gasteiger partial charge in [0, 0.05) is 22.5 Å². The first-order valence-corrected chi connectivity index (χ1v) is 8.77. The van der Waals surface area contributed by atoms with Crippen LogP contribution in [0.2, 0.25) is 0 Å². The zero-order valence-electron chi connectivity index (χ0n) is 12.1. The Morgan fingerprint density at radius 1 is 1.22 bits per heavy atom. The summed E-state index contributed by atoms with van der Waals surface area (Å²) >= 11 is 4.72. The van der Waals surface area contributed by atoms with Crippen molar-refractivity contribution >= 4 is 39.3 Å². The molecular formula is C16H15BrF2N2OS. The third kappa shape index (κ3) is 4.94. The van der Waals surface area contributed by atoms with E-state index in [0.717, 1.165) is 0 Å². The summed E-state index contributed by atoms with van der Waals surface area (Å²) in [5, 5.41) is 2.99.